The molecule has 0 saturated carbocycles. The van der Waals surface area contributed by atoms with Gasteiger partial charge in [0.05, 0.1) is 5.69 Å². The second-order valence-electron chi connectivity index (χ2n) is 3.81. The van der Waals surface area contributed by atoms with Crippen LogP contribution in [0, 0.1) is 0 Å². The van der Waals surface area contributed by atoms with Crippen molar-refractivity contribution in [3.63, 3.8) is 0 Å². The molecule has 2 rings (SSSR count). The second-order valence-corrected chi connectivity index (χ2v) is 4.59. The van der Waals surface area contributed by atoms with Gasteiger partial charge in [0.2, 0.25) is 0 Å². The minimum Gasteiger partial charge on any atom is -0.305 e. The zero-order chi connectivity index (χ0) is 11.4. The SMILES string of the molecule is CCn1nccc1C(C)NCc1ccsc1. The summed E-state index contributed by atoms with van der Waals surface area (Å²) >= 11 is 1.74. The summed E-state index contributed by atoms with van der Waals surface area (Å²) in [5, 5.41) is 12.1. The molecule has 2 heterocycles. The molecule has 1 unspecified atom stereocenters. The maximum atomic E-state index is 4.28. The van der Waals surface area contributed by atoms with Gasteiger partial charge in [-0.1, -0.05) is 0 Å². The van der Waals surface area contributed by atoms with Gasteiger partial charge in [-0.3, -0.25) is 4.68 Å². The summed E-state index contributed by atoms with van der Waals surface area (Å²) in [6.07, 6.45) is 1.86. The third-order valence-corrected chi connectivity index (χ3v) is 3.42. The Morgan fingerprint density at radius 2 is 2.38 bits per heavy atom. The molecular weight excluding hydrogens is 218 g/mol. The molecule has 0 spiro atoms. The number of nitrogens with one attached hydrogen (secondary N) is 1. The highest BCUT2D eigenvalue weighted by atomic mass is 32.1. The van der Waals surface area contributed by atoms with Crippen LogP contribution in [0.1, 0.15) is 31.1 Å². The fraction of sp³-hybridized carbons (Fsp3) is 0.417. The lowest BCUT2D eigenvalue weighted by Crippen LogP contribution is -2.20. The normalized spacial score (nSPS) is 12.9. The van der Waals surface area contributed by atoms with Gasteiger partial charge in [-0.05, 0) is 42.3 Å². The van der Waals surface area contributed by atoms with Gasteiger partial charge in [0.1, 0.15) is 0 Å². The van der Waals surface area contributed by atoms with Gasteiger partial charge in [-0.2, -0.15) is 16.4 Å². The van der Waals surface area contributed by atoms with Crippen LogP contribution in [0.2, 0.25) is 0 Å². The molecule has 4 heteroatoms. The zero-order valence-corrected chi connectivity index (χ0v) is 10.5. The molecule has 3 nitrogen and oxygen atoms in total. The molecular formula is C12H17N3S. The second kappa shape index (κ2) is 5.27. The van der Waals surface area contributed by atoms with Gasteiger partial charge in [0.25, 0.3) is 0 Å². The zero-order valence-electron chi connectivity index (χ0n) is 9.68. The van der Waals surface area contributed by atoms with E-state index in [2.05, 4.69) is 47.2 Å². The quantitative estimate of drug-likeness (QED) is 0.863. The number of hydrogen-bond donors (Lipinski definition) is 1. The summed E-state index contributed by atoms with van der Waals surface area (Å²) < 4.78 is 2.03. The molecule has 0 amide bonds. The summed E-state index contributed by atoms with van der Waals surface area (Å²) in [5.74, 6) is 0. The van der Waals surface area contributed by atoms with Crippen LogP contribution in [0.4, 0.5) is 0 Å². The molecule has 0 bridgehead atoms. The number of nitrogens with zero attached hydrogens (tertiary/aromatic N) is 2. The summed E-state index contributed by atoms with van der Waals surface area (Å²) in [6.45, 7) is 6.13. The minimum absolute atomic E-state index is 0.336. The Hall–Kier alpha value is -1.13. The van der Waals surface area contributed by atoms with Gasteiger partial charge in [-0.15, -0.1) is 0 Å². The van der Waals surface area contributed by atoms with Crippen molar-refractivity contribution in [2.75, 3.05) is 0 Å². The fourth-order valence-corrected chi connectivity index (χ4v) is 2.41. The number of hydrogen-bond acceptors (Lipinski definition) is 3. The number of thiophene rings is 1. The van der Waals surface area contributed by atoms with Crippen molar-refractivity contribution in [1.29, 1.82) is 0 Å². The lowest BCUT2D eigenvalue weighted by molar-refractivity contribution is 0.509. The van der Waals surface area contributed by atoms with Gasteiger partial charge in [0.15, 0.2) is 0 Å². The van der Waals surface area contributed by atoms with Crippen molar-refractivity contribution in [3.05, 3.63) is 40.3 Å². The van der Waals surface area contributed by atoms with E-state index in [1.807, 2.05) is 10.9 Å². The van der Waals surface area contributed by atoms with Crippen molar-refractivity contribution < 1.29 is 0 Å². The summed E-state index contributed by atoms with van der Waals surface area (Å²) in [6, 6.07) is 4.57. The Morgan fingerprint density at radius 3 is 3.06 bits per heavy atom. The monoisotopic (exact) mass is 235 g/mol. The molecule has 2 aromatic rings. The molecule has 16 heavy (non-hydrogen) atoms. The van der Waals surface area contributed by atoms with E-state index >= 15 is 0 Å². The van der Waals surface area contributed by atoms with Crippen molar-refractivity contribution in [3.8, 4) is 0 Å². The highest BCUT2D eigenvalue weighted by Gasteiger charge is 2.09. The van der Waals surface area contributed by atoms with Gasteiger partial charge >= 0.3 is 0 Å². The van der Waals surface area contributed by atoms with Gasteiger partial charge in [0, 0.05) is 25.3 Å². The Morgan fingerprint density at radius 1 is 1.50 bits per heavy atom. The van der Waals surface area contributed by atoms with E-state index in [-0.39, 0.29) is 0 Å². The van der Waals surface area contributed by atoms with E-state index < -0.39 is 0 Å². The topological polar surface area (TPSA) is 29.9 Å². The first kappa shape index (κ1) is 11.4. The molecule has 1 N–H and O–H groups in total. The number of aromatic nitrogens is 2. The van der Waals surface area contributed by atoms with Crippen LogP contribution in [0.3, 0.4) is 0 Å². The van der Waals surface area contributed by atoms with Crippen LogP contribution < -0.4 is 5.32 Å². The summed E-state index contributed by atoms with van der Waals surface area (Å²) in [5.41, 5.74) is 2.59. The molecule has 0 saturated heterocycles. The van der Waals surface area contributed by atoms with Crippen molar-refractivity contribution >= 4 is 11.3 Å². The fourth-order valence-electron chi connectivity index (χ4n) is 1.74. The molecule has 0 aromatic carbocycles. The number of aryl methyl sites for hydroxylation is 1. The summed E-state index contributed by atoms with van der Waals surface area (Å²) in [7, 11) is 0. The lowest BCUT2D eigenvalue weighted by Gasteiger charge is -2.14. The first-order valence-electron chi connectivity index (χ1n) is 5.57. The Kier molecular flexibility index (Phi) is 3.74. The summed E-state index contributed by atoms with van der Waals surface area (Å²) in [4.78, 5) is 0. The predicted octanol–water partition coefficient (Wildman–Crippen LogP) is 2.82. The van der Waals surface area contributed by atoms with E-state index in [0.717, 1.165) is 13.1 Å². The molecule has 0 fully saturated rings. The highest BCUT2D eigenvalue weighted by molar-refractivity contribution is 7.07. The maximum Gasteiger partial charge on any atom is 0.0550 e. The smallest absolute Gasteiger partial charge is 0.0550 e. The Bertz CT molecular complexity index is 419. The lowest BCUT2D eigenvalue weighted by atomic mass is 10.2. The van der Waals surface area contributed by atoms with Crippen molar-refractivity contribution in [1.82, 2.24) is 15.1 Å². The Balaban J connectivity index is 1.95. The van der Waals surface area contributed by atoms with E-state index in [0.29, 0.717) is 6.04 Å². The van der Waals surface area contributed by atoms with Crippen molar-refractivity contribution in [2.24, 2.45) is 0 Å². The Labute approximate surface area is 100 Å². The van der Waals surface area contributed by atoms with Gasteiger partial charge in [-0.25, -0.2) is 0 Å². The van der Waals surface area contributed by atoms with Crippen LogP contribution in [0.5, 0.6) is 0 Å². The van der Waals surface area contributed by atoms with Crippen LogP contribution in [-0.4, -0.2) is 9.78 Å². The average molecular weight is 235 g/mol. The molecule has 0 radical (unpaired) electrons. The molecule has 86 valence electrons. The molecule has 1 atom stereocenters. The van der Waals surface area contributed by atoms with E-state index in [4.69, 9.17) is 0 Å². The average Bonchev–Trinajstić information content (AvgIpc) is 2.96. The van der Waals surface area contributed by atoms with E-state index in [1.54, 1.807) is 11.3 Å². The first-order chi connectivity index (χ1) is 7.81. The van der Waals surface area contributed by atoms with Gasteiger partial charge < -0.3 is 5.32 Å². The van der Waals surface area contributed by atoms with E-state index in [1.165, 1.54) is 11.3 Å². The van der Waals surface area contributed by atoms with Crippen molar-refractivity contribution in [2.45, 2.75) is 33.0 Å². The molecule has 2 aromatic heterocycles. The van der Waals surface area contributed by atoms with E-state index in [9.17, 15) is 0 Å². The first-order valence-corrected chi connectivity index (χ1v) is 6.51. The standard InChI is InChI=1S/C12H17N3S/c1-3-15-12(4-6-14-15)10(2)13-8-11-5-7-16-9-11/h4-7,9-10,13H,3,8H2,1-2H3. The highest BCUT2D eigenvalue weighted by Crippen LogP contribution is 2.13. The molecule has 0 aliphatic rings. The minimum atomic E-state index is 0.336. The van der Waals surface area contributed by atoms with Crippen LogP contribution in [-0.2, 0) is 13.1 Å². The predicted molar refractivity (Wildman–Crippen MR) is 67.5 cm³/mol. The maximum absolute atomic E-state index is 4.28. The third-order valence-electron chi connectivity index (χ3n) is 2.69. The largest absolute Gasteiger partial charge is 0.305 e. The third kappa shape index (κ3) is 2.51. The van der Waals surface area contributed by atoms with Crippen LogP contribution in [0.25, 0.3) is 0 Å². The molecule has 0 aliphatic heterocycles. The number of rotatable bonds is 5. The molecule has 0 aliphatic carbocycles. The van der Waals surface area contributed by atoms with Crippen LogP contribution in [0.15, 0.2) is 29.1 Å². The van der Waals surface area contributed by atoms with Crippen LogP contribution >= 0.6 is 11.3 Å².